The van der Waals surface area contributed by atoms with Crippen molar-refractivity contribution in [2.75, 3.05) is 60.2 Å². The molecule has 1 saturated heterocycles. The summed E-state index contributed by atoms with van der Waals surface area (Å²) in [7, 11) is 3.25. The van der Waals surface area contributed by atoms with Gasteiger partial charge in [-0.2, -0.15) is 5.10 Å². The predicted molar refractivity (Wildman–Crippen MR) is 141 cm³/mol. The number of para-hydroxylation sites is 1. The van der Waals surface area contributed by atoms with Gasteiger partial charge in [0, 0.05) is 50.1 Å². The molecule has 2 heterocycles. The van der Waals surface area contributed by atoms with Crippen molar-refractivity contribution in [3.8, 4) is 11.5 Å². The lowest BCUT2D eigenvalue weighted by atomic mass is 9.97. The molecule has 37 heavy (non-hydrogen) atoms. The lowest BCUT2D eigenvalue weighted by Crippen LogP contribution is -2.46. The van der Waals surface area contributed by atoms with Gasteiger partial charge in [0.1, 0.15) is 18.0 Å². The highest BCUT2D eigenvalue weighted by atomic mass is 16.5. The number of ether oxygens (including phenoxy) is 3. The first-order valence-electron chi connectivity index (χ1n) is 12.8. The van der Waals surface area contributed by atoms with Crippen LogP contribution in [0.15, 0.2) is 53.6 Å². The minimum atomic E-state index is -0.345. The maximum atomic E-state index is 13.7. The number of carbonyl (C=O) groups is 2. The SMILES string of the molecule is CCC(=O)N(CCN1CCOCC1)CC(=O)N1N=C(c2cccc(OC)c2)CC1c1ccccc1OC. The second-order valence-electron chi connectivity index (χ2n) is 9.10. The normalized spacial score (nSPS) is 17.9. The molecule has 1 unspecified atom stereocenters. The number of rotatable bonds is 10. The Balaban J connectivity index is 1.59. The Morgan fingerprint density at radius 1 is 1.08 bits per heavy atom. The third kappa shape index (κ3) is 6.47. The molecule has 0 N–H and O–H groups in total. The lowest BCUT2D eigenvalue weighted by molar-refractivity contribution is -0.141. The zero-order valence-electron chi connectivity index (χ0n) is 21.9. The van der Waals surface area contributed by atoms with Gasteiger partial charge in [0.2, 0.25) is 5.91 Å². The first-order chi connectivity index (χ1) is 18.0. The summed E-state index contributed by atoms with van der Waals surface area (Å²) in [6, 6.07) is 15.0. The van der Waals surface area contributed by atoms with Gasteiger partial charge in [0.15, 0.2) is 0 Å². The second-order valence-corrected chi connectivity index (χ2v) is 9.10. The summed E-state index contributed by atoms with van der Waals surface area (Å²) in [5.41, 5.74) is 2.55. The first-order valence-corrected chi connectivity index (χ1v) is 12.8. The maximum absolute atomic E-state index is 13.7. The quantitative estimate of drug-likeness (QED) is 0.491. The van der Waals surface area contributed by atoms with Gasteiger partial charge in [0.05, 0.1) is 39.2 Å². The molecule has 2 amide bonds. The minimum Gasteiger partial charge on any atom is -0.497 e. The van der Waals surface area contributed by atoms with Crippen molar-refractivity contribution in [2.24, 2.45) is 5.10 Å². The fourth-order valence-electron chi connectivity index (χ4n) is 4.74. The Bertz CT molecular complexity index is 1120. The van der Waals surface area contributed by atoms with E-state index >= 15 is 0 Å². The van der Waals surface area contributed by atoms with E-state index in [1.807, 2.05) is 55.5 Å². The Kier molecular flexibility index (Phi) is 9.14. The molecule has 9 nitrogen and oxygen atoms in total. The van der Waals surface area contributed by atoms with E-state index in [4.69, 9.17) is 19.3 Å². The fourth-order valence-corrected chi connectivity index (χ4v) is 4.74. The van der Waals surface area contributed by atoms with Gasteiger partial charge in [-0.25, -0.2) is 5.01 Å². The number of carbonyl (C=O) groups excluding carboxylic acids is 2. The Morgan fingerprint density at radius 2 is 1.86 bits per heavy atom. The van der Waals surface area contributed by atoms with Crippen molar-refractivity contribution in [1.29, 1.82) is 0 Å². The maximum Gasteiger partial charge on any atom is 0.262 e. The highest BCUT2D eigenvalue weighted by Gasteiger charge is 2.36. The number of nitrogens with zero attached hydrogens (tertiary/aromatic N) is 4. The third-order valence-electron chi connectivity index (χ3n) is 6.84. The van der Waals surface area contributed by atoms with Gasteiger partial charge in [0.25, 0.3) is 5.91 Å². The molecular formula is C28H36N4O5. The topological polar surface area (TPSA) is 83.9 Å². The van der Waals surface area contributed by atoms with E-state index in [0.717, 1.165) is 35.7 Å². The number of hydrogen-bond acceptors (Lipinski definition) is 7. The molecule has 4 rings (SSSR count). The highest BCUT2D eigenvalue weighted by Crippen LogP contribution is 2.37. The van der Waals surface area contributed by atoms with Gasteiger partial charge < -0.3 is 19.1 Å². The van der Waals surface area contributed by atoms with Gasteiger partial charge in [-0.1, -0.05) is 37.3 Å². The largest absolute Gasteiger partial charge is 0.497 e. The van der Waals surface area contributed by atoms with Crippen LogP contribution in [0.2, 0.25) is 0 Å². The van der Waals surface area contributed by atoms with Crippen molar-refractivity contribution >= 4 is 17.5 Å². The highest BCUT2D eigenvalue weighted by molar-refractivity contribution is 6.03. The number of amides is 2. The van der Waals surface area contributed by atoms with Crippen molar-refractivity contribution in [1.82, 2.24) is 14.8 Å². The molecule has 9 heteroatoms. The molecule has 2 aromatic rings. The lowest BCUT2D eigenvalue weighted by Gasteiger charge is -2.31. The van der Waals surface area contributed by atoms with Crippen LogP contribution in [-0.4, -0.2) is 92.5 Å². The molecule has 2 aliphatic heterocycles. The van der Waals surface area contributed by atoms with E-state index in [1.54, 1.807) is 19.1 Å². The van der Waals surface area contributed by atoms with E-state index < -0.39 is 0 Å². The van der Waals surface area contributed by atoms with Gasteiger partial charge in [-0.05, 0) is 18.2 Å². The van der Waals surface area contributed by atoms with Gasteiger partial charge in [-0.15, -0.1) is 0 Å². The number of hydrazone groups is 1. The van der Waals surface area contributed by atoms with E-state index in [9.17, 15) is 9.59 Å². The summed E-state index contributed by atoms with van der Waals surface area (Å²) < 4.78 is 16.4. The van der Waals surface area contributed by atoms with Crippen LogP contribution in [0.25, 0.3) is 0 Å². The molecule has 2 aliphatic rings. The molecular weight excluding hydrogens is 472 g/mol. The van der Waals surface area contributed by atoms with Gasteiger partial charge in [-0.3, -0.25) is 14.5 Å². The summed E-state index contributed by atoms with van der Waals surface area (Å²) >= 11 is 0. The van der Waals surface area contributed by atoms with Crippen molar-refractivity contribution < 1.29 is 23.8 Å². The van der Waals surface area contributed by atoms with Crippen LogP contribution >= 0.6 is 0 Å². The molecule has 2 aromatic carbocycles. The Labute approximate surface area is 218 Å². The molecule has 0 aliphatic carbocycles. The van der Waals surface area contributed by atoms with Crippen molar-refractivity contribution in [3.05, 3.63) is 59.7 Å². The van der Waals surface area contributed by atoms with E-state index in [1.165, 1.54) is 5.01 Å². The van der Waals surface area contributed by atoms with E-state index in [2.05, 4.69) is 4.90 Å². The first kappa shape index (κ1) is 26.6. The zero-order chi connectivity index (χ0) is 26.2. The number of hydrogen-bond donors (Lipinski definition) is 0. The molecule has 0 bridgehead atoms. The predicted octanol–water partition coefficient (Wildman–Crippen LogP) is 2.95. The molecule has 198 valence electrons. The molecule has 0 radical (unpaired) electrons. The Hall–Kier alpha value is -3.43. The van der Waals surface area contributed by atoms with Crippen molar-refractivity contribution in [2.45, 2.75) is 25.8 Å². The van der Waals surface area contributed by atoms with Gasteiger partial charge >= 0.3 is 0 Å². The Morgan fingerprint density at radius 3 is 2.59 bits per heavy atom. The summed E-state index contributed by atoms with van der Waals surface area (Å²) in [6.45, 7) is 6.03. The third-order valence-corrected chi connectivity index (χ3v) is 6.84. The van der Waals surface area contributed by atoms with E-state index in [0.29, 0.717) is 44.9 Å². The van der Waals surface area contributed by atoms with Crippen LogP contribution in [-0.2, 0) is 14.3 Å². The molecule has 0 saturated carbocycles. The zero-order valence-corrected chi connectivity index (χ0v) is 21.9. The average molecular weight is 509 g/mol. The van der Waals surface area contributed by atoms with Crippen molar-refractivity contribution in [3.63, 3.8) is 0 Å². The smallest absolute Gasteiger partial charge is 0.262 e. The number of morpholine rings is 1. The summed E-state index contributed by atoms with van der Waals surface area (Å²) in [5, 5.41) is 6.30. The van der Waals surface area contributed by atoms with Crippen LogP contribution in [0.5, 0.6) is 11.5 Å². The second kappa shape index (κ2) is 12.7. The number of methoxy groups -OCH3 is 2. The molecule has 0 spiro atoms. The average Bonchev–Trinajstić information content (AvgIpc) is 3.41. The van der Waals surface area contributed by atoms with Crippen LogP contribution in [0.3, 0.4) is 0 Å². The minimum absolute atomic E-state index is 0.0302. The molecule has 1 atom stereocenters. The van der Waals surface area contributed by atoms with Crippen LogP contribution in [0.4, 0.5) is 0 Å². The number of benzene rings is 2. The summed E-state index contributed by atoms with van der Waals surface area (Å²) in [4.78, 5) is 30.4. The van der Waals surface area contributed by atoms with E-state index in [-0.39, 0.29) is 24.4 Å². The van der Waals surface area contributed by atoms with Crippen LogP contribution in [0, 0.1) is 0 Å². The standard InChI is InChI=1S/C28H36N4O5/c1-4-27(33)31(13-12-30-14-16-37-17-15-30)20-28(34)32-25(23-10-5-6-11-26(23)36-3)19-24(29-32)21-8-7-9-22(18-21)35-2/h5-11,18,25H,4,12-17,19-20H2,1-3H3. The van der Waals surface area contributed by atoms with Crippen LogP contribution < -0.4 is 9.47 Å². The van der Waals surface area contributed by atoms with Crippen LogP contribution in [0.1, 0.15) is 36.9 Å². The molecule has 1 fully saturated rings. The molecule has 0 aromatic heterocycles. The fraction of sp³-hybridized carbons (Fsp3) is 0.464. The summed E-state index contributed by atoms with van der Waals surface area (Å²) in [6.07, 6.45) is 0.861. The summed E-state index contributed by atoms with van der Waals surface area (Å²) in [5.74, 6) is 1.15. The monoisotopic (exact) mass is 508 g/mol.